The maximum Gasteiger partial charge on any atom is 0.251 e. The van der Waals surface area contributed by atoms with Crippen LogP contribution in [0, 0.1) is 0 Å². The average Bonchev–Trinajstić information content (AvgIpc) is 2.67. The Balaban J connectivity index is 1.50. The Morgan fingerprint density at radius 3 is 3.04 bits per heavy atom. The number of carbonyl (C=O) groups excluding carboxylic acids is 1. The summed E-state index contributed by atoms with van der Waals surface area (Å²) in [5.74, 6) is 0.656. The van der Waals surface area contributed by atoms with Crippen molar-refractivity contribution in [3.8, 4) is 5.75 Å². The zero-order chi connectivity index (χ0) is 16.8. The van der Waals surface area contributed by atoms with Crippen molar-refractivity contribution in [1.82, 2.24) is 10.2 Å². The van der Waals surface area contributed by atoms with E-state index in [1.165, 1.54) is 24.8 Å². The van der Waals surface area contributed by atoms with Gasteiger partial charge >= 0.3 is 0 Å². The van der Waals surface area contributed by atoms with Crippen molar-refractivity contribution in [2.45, 2.75) is 31.7 Å². The molecule has 0 spiro atoms. The second-order valence-electron chi connectivity index (χ2n) is 6.45. The lowest BCUT2D eigenvalue weighted by Gasteiger charge is -2.33. The highest BCUT2D eigenvalue weighted by Crippen LogP contribution is 2.20. The summed E-state index contributed by atoms with van der Waals surface area (Å²) in [6, 6.07) is 7.85. The van der Waals surface area contributed by atoms with E-state index in [2.05, 4.69) is 28.4 Å². The average molecular weight is 326 g/mol. The summed E-state index contributed by atoms with van der Waals surface area (Å²) >= 11 is 0. The van der Waals surface area contributed by atoms with E-state index in [1.807, 2.05) is 18.2 Å². The number of hydrogen-bond donors (Lipinski definition) is 1. The number of hydrogen-bond acceptors (Lipinski definition) is 3. The molecule has 4 nitrogen and oxygen atoms in total. The van der Waals surface area contributed by atoms with Crippen molar-refractivity contribution < 1.29 is 9.53 Å². The molecular formula is C20H26N2O2. The molecule has 0 saturated heterocycles. The summed E-state index contributed by atoms with van der Waals surface area (Å²) in [5.41, 5.74) is 1.96. The van der Waals surface area contributed by atoms with E-state index in [9.17, 15) is 4.79 Å². The SMILES string of the molecule is COc1cccc(C(=O)NCC2=CCN([C@@H]3C=CCCC3)CC2)c1. The summed E-state index contributed by atoms with van der Waals surface area (Å²) in [4.78, 5) is 14.8. The minimum atomic E-state index is -0.0487. The fraction of sp³-hybridized carbons (Fsp3) is 0.450. The molecule has 1 aliphatic carbocycles. The number of nitrogens with zero attached hydrogens (tertiary/aromatic N) is 1. The van der Waals surface area contributed by atoms with Gasteiger partial charge in [0.2, 0.25) is 0 Å². The van der Waals surface area contributed by atoms with E-state index in [0.717, 1.165) is 19.5 Å². The predicted molar refractivity (Wildman–Crippen MR) is 96.4 cm³/mol. The molecule has 1 heterocycles. The van der Waals surface area contributed by atoms with Crippen LogP contribution in [0.15, 0.2) is 48.1 Å². The van der Waals surface area contributed by atoms with Crippen LogP contribution in [0.1, 0.15) is 36.0 Å². The van der Waals surface area contributed by atoms with Crippen molar-refractivity contribution in [2.24, 2.45) is 0 Å². The largest absolute Gasteiger partial charge is 0.497 e. The number of carbonyl (C=O) groups is 1. The van der Waals surface area contributed by atoms with Gasteiger partial charge in [0.25, 0.3) is 5.91 Å². The van der Waals surface area contributed by atoms with E-state index in [1.54, 1.807) is 13.2 Å². The number of amides is 1. The third kappa shape index (κ3) is 4.26. The third-order valence-corrected chi connectivity index (χ3v) is 4.84. The van der Waals surface area contributed by atoms with E-state index in [0.29, 0.717) is 23.9 Å². The Morgan fingerprint density at radius 1 is 1.42 bits per heavy atom. The molecule has 0 bridgehead atoms. The minimum absolute atomic E-state index is 0.0487. The van der Waals surface area contributed by atoms with Crippen LogP contribution in [-0.2, 0) is 0 Å². The molecule has 1 aromatic rings. The molecule has 0 radical (unpaired) electrons. The van der Waals surface area contributed by atoms with Gasteiger partial charge in [0.1, 0.15) is 5.75 Å². The summed E-state index contributed by atoms with van der Waals surface area (Å²) in [6.45, 7) is 2.69. The number of ether oxygens (including phenoxy) is 1. The molecule has 1 N–H and O–H groups in total. The lowest BCUT2D eigenvalue weighted by Crippen LogP contribution is -2.39. The Hall–Kier alpha value is -2.07. The van der Waals surface area contributed by atoms with Gasteiger partial charge in [0, 0.05) is 31.2 Å². The summed E-state index contributed by atoms with van der Waals surface area (Å²) in [7, 11) is 1.61. The summed E-state index contributed by atoms with van der Waals surface area (Å²) in [6.07, 6.45) is 11.8. The maximum atomic E-state index is 12.3. The topological polar surface area (TPSA) is 41.6 Å². The van der Waals surface area contributed by atoms with E-state index < -0.39 is 0 Å². The molecule has 1 amide bonds. The number of methoxy groups -OCH3 is 1. The maximum absolute atomic E-state index is 12.3. The molecule has 1 atom stereocenters. The molecule has 0 unspecified atom stereocenters. The van der Waals surface area contributed by atoms with Gasteiger partial charge in [-0.15, -0.1) is 0 Å². The van der Waals surface area contributed by atoms with Gasteiger partial charge in [-0.1, -0.05) is 29.9 Å². The molecule has 1 aliphatic heterocycles. The fourth-order valence-electron chi connectivity index (χ4n) is 3.35. The smallest absolute Gasteiger partial charge is 0.251 e. The first-order chi connectivity index (χ1) is 11.8. The van der Waals surface area contributed by atoms with Crippen molar-refractivity contribution in [3.05, 3.63) is 53.6 Å². The van der Waals surface area contributed by atoms with Crippen LogP contribution < -0.4 is 10.1 Å². The summed E-state index contributed by atoms with van der Waals surface area (Å²) in [5, 5.41) is 3.02. The van der Waals surface area contributed by atoms with Gasteiger partial charge in [-0.2, -0.15) is 0 Å². The first-order valence-electron chi connectivity index (χ1n) is 8.77. The van der Waals surface area contributed by atoms with Crippen molar-refractivity contribution in [1.29, 1.82) is 0 Å². The fourth-order valence-corrected chi connectivity index (χ4v) is 3.35. The van der Waals surface area contributed by atoms with Crippen LogP contribution in [0.3, 0.4) is 0 Å². The Kier molecular flexibility index (Phi) is 5.70. The highest BCUT2D eigenvalue weighted by atomic mass is 16.5. The van der Waals surface area contributed by atoms with E-state index in [-0.39, 0.29) is 5.91 Å². The van der Waals surface area contributed by atoms with Crippen LogP contribution in [-0.4, -0.2) is 43.6 Å². The Morgan fingerprint density at radius 2 is 2.33 bits per heavy atom. The molecule has 3 rings (SSSR count). The lowest BCUT2D eigenvalue weighted by atomic mass is 9.99. The van der Waals surface area contributed by atoms with Gasteiger partial charge in [-0.25, -0.2) is 0 Å². The molecule has 0 aromatic heterocycles. The monoisotopic (exact) mass is 326 g/mol. The second-order valence-corrected chi connectivity index (χ2v) is 6.45. The first kappa shape index (κ1) is 16.8. The van der Waals surface area contributed by atoms with Crippen LogP contribution in [0.2, 0.25) is 0 Å². The van der Waals surface area contributed by atoms with Crippen molar-refractivity contribution in [2.75, 3.05) is 26.7 Å². The minimum Gasteiger partial charge on any atom is -0.497 e. The van der Waals surface area contributed by atoms with Crippen molar-refractivity contribution in [3.63, 3.8) is 0 Å². The number of benzene rings is 1. The van der Waals surface area contributed by atoms with Crippen LogP contribution in [0.25, 0.3) is 0 Å². The quantitative estimate of drug-likeness (QED) is 0.845. The van der Waals surface area contributed by atoms with Gasteiger partial charge in [0.05, 0.1) is 7.11 Å². The van der Waals surface area contributed by atoms with Gasteiger partial charge in [-0.3, -0.25) is 9.69 Å². The normalized spacial score (nSPS) is 21.2. The lowest BCUT2D eigenvalue weighted by molar-refractivity contribution is 0.0955. The van der Waals surface area contributed by atoms with Crippen LogP contribution in [0.5, 0.6) is 5.75 Å². The van der Waals surface area contributed by atoms with Crippen LogP contribution in [0.4, 0.5) is 0 Å². The van der Waals surface area contributed by atoms with Gasteiger partial charge < -0.3 is 10.1 Å². The molecule has 24 heavy (non-hydrogen) atoms. The molecule has 4 heteroatoms. The number of rotatable bonds is 5. The number of allylic oxidation sites excluding steroid dienone is 1. The zero-order valence-electron chi connectivity index (χ0n) is 14.3. The van der Waals surface area contributed by atoms with Crippen LogP contribution >= 0.6 is 0 Å². The molecule has 1 aromatic carbocycles. The molecular weight excluding hydrogens is 300 g/mol. The van der Waals surface area contributed by atoms with Gasteiger partial charge in [0.15, 0.2) is 0 Å². The molecule has 0 fully saturated rings. The Labute approximate surface area is 144 Å². The molecule has 2 aliphatic rings. The standard InChI is InChI=1S/C20H26N2O2/c1-24-19-9-5-6-17(14-19)20(23)21-15-16-10-12-22(13-11-16)18-7-3-2-4-8-18/h3,5-7,9-10,14,18H,2,4,8,11-13,15H2,1H3,(H,21,23)/t18-/m1/s1. The second kappa shape index (κ2) is 8.15. The highest BCUT2D eigenvalue weighted by molar-refractivity contribution is 5.94. The van der Waals surface area contributed by atoms with E-state index >= 15 is 0 Å². The van der Waals surface area contributed by atoms with Gasteiger partial charge in [-0.05, 0) is 43.9 Å². The molecule has 0 saturated carbocycles. The summed E-state index contributed by atoms with van der Waals surface area (Å²) < 4.78 is 5.17. The highest BCUT2D eigenvalue weighted by Gasteiger charge is 2.20. The molecule has 128 valence electrons. The number of nitrogens with one attached hydrogen (secondary N) is 1. The van der Waals surface area contributed by atoms with Crippen molar-refractivity contribution >= 4 is 5.91 Å². The van der Waals surface area contributed by atoms with E-state index in [4.69, 9.17) is 4.74 Å². The zero-order valence-corrected chi connectivity index (χ0v) is 14.3. The third-order valence-electron chi connectivity index (χ3n) is 4.84. The Bertz CT molecular complexity index is 636. The predicted octanol–water partition coefficient (Wildman–Crippen LogP) is 3.17. The first-order valence-corrected chi connectivity index (χ1v) is 8.77.